The summed E-state index contributed by atoms with van der Waals surface area (Å²) in [6, 6.07) is 7.23. The Morgan fingerprint density at radius 3 is 2.88 bits per heavy atom. The van der Waals surface area contributed by atoms with Gasteiger partial charge >= 0.3 is 6.01 Å². The first kappa shape index (κ1) is 20.0. The quantitative estimate of drug-likeness (QED) is 0.626. The number of anilines is 3. The molecule has 4 heterocycles. The minimum absolute atomic E-state index is 0.00540. The molecule has 2 aliphatic heterocycles. The molecule has 2 amide bonds. The van der Waals surface area contributed by atoms with Gasteiger partial charge in [-0.15, -0.1) is 0 Å². The number of oxazole rings is 1. The van der Waals surface area contributed by atoms with Gasteiger partial charge in [-0.2, -0.15) is 0 Å². The molecule has 164 valence electrons. The van der Waals surface area contributed by atoms with Crippen LogP contribution in [0, 0.1) is 0 Å². The van der Waals surface area contributed by atoms with Gasteiger partial charge in [0.2, 0.25) is 5.76 Å². The fourth-order valence-electron chi connectivity index (χ4n) is 3.99. The second kappa shape index (κ2) is 8.31. The molecule has 32 heavy (non-hydrogen) atoms. The van der Waals surface area contributed by atoms with E-state index in [0.717, 1.165) is 37.4 Å². The van der Waals surface area contributed by atoms with Crippen molar-refractivity contribution in [3.05, 3.63) is 59.7 Å². The molecule has 0 saturated carbocycles. The number of nitrogens with one attached hydrogen (secondary N) is 2. The Balaban J connectivity index is 1.34. The van der Waals surface area contributed by atoms with Crippen molar-refractivity contribution < 1.29 is 18.7 Å². The Morgan fingerprint density at radius 1 is 1.22 bits per heavy atom. The molecule has 0 spiro atoms. The largest absolute Gasteiger partial charge is 0.496 e. The van der Waals surface area contributed by atoms with Gasteiger partial charge in [-0.1, -0.05) is 6.07 Å². The van der Waals surface area contributed by atoms with E-state index in [1.54, 1.807) is 37.7 Å². The Labute approximate surface area is 184 Å². The van der Waals surface area contributed by atoms with Crippen molar-refractivity contribution in [1.82, 2.24) is 15.3 Å². The van der Waals surface area contributed by atoms with Crippen LogP contribution in [0.4, 0.5) is 17.4 Å². The predicted molar refractivity (Wildman–Crippen MR) is 117 cm³/mol. The highest BCUT2D eigenvalue weighted by Gasteiger charge is 2.34. The van der Waals surface area contributed by atoms with Gasteiger partial charge in [0.25, 0.3) is 11.8 Å². The van der Waals surface area contributed by atoms with E-state index < -0.39 is 5.91 Å². The van der Waals surface area contributed by atoms with Crippen molar-refractivity contribution in [3.63, 3.8) is 0 Å². The molecule has 0 aliphatic carbocycles. The highest BCUT2D eigenvalue weighted by Crippen LogP contribution is 2.34. The molecule has 0 bridgehead atoms. The number of rotatable bonds is 5. The topological polar surface area (TPSA) is 113 Å². The highest BCUT2D eigenvalue weighted by atomic mass is 16.5. The van der Waals surface area contributed by atoms with E-state index >= 15 is 0 Å². The Hall–Kier alpha value is -3.92. The summed E-state index contributed by atoms with van der Waals surface area (Å²) in [5.41, 5.74) is 2.78. The van der Waals surface area contributed by atoms with Crippen molar-refractivity contribution >= 4 is 29.2 Å². The standard InChI is InChI=1S/C22H22N6O4/c1-31-18-4-2-3-14-15(18)13-28(21(14)30)22-25-12-19(32-22)20(29)26-16-11-24-6-5-17(16)27-9-7-23-8-10-27/h2-6,11-12,23H,7-10,13H2,1H3,(H,26,29). The third kappa shape index (κ3) is 3.54. The van der Waals surface area contributed by atoms with Gasteiger partial charge in [-0.3, -0.25) is 19.5 Å². The van der Waals surface area contributed by atoms with E-state index in [0.29, 0.717) is 17.0 Å². The minimum Gasteiger partial charge on any atom is -0.496 e. The minimum atomic E-state index is -0.463. The number of methoxy groups -OCH3 is 1. The molecule has 5 rings (SSSR count). The molecule has 0 radical (unpaired) electrons. The van der Waals surface area contributed by atoms with Gasteiger partial charge < -0.3 is 24.7 Å². The first-order valence-electron chi connectivity index (χ1n) is 10.3. The summed E-state index contributed by atoms with van der Waals surface area (Å²) in [5.74, 6) is -0.0819. The van der Waals surface area contributed by atoms with E-state index in [-0.39, 0.29) is 24.2 Å². The van der Waals surface area contributed by atoms with Gasteiger partial charge in [-0.25, -0.2) is 4.98 Å². The van der Waals surface area contributed by atoms with Gasteiger partial charge in [0.05, 0.1) is 37.4 Å². The zero-order chi connectivity index (χ0) is 22.1. The molecule has 1 saturated heterocycles. The zero-order valence-corrected chi connectivity index (χ0v) is 17.5. The van der Waals surface area contributed by atoms with Crippen LogP contribution < -0.4 is 25.2 Å². The molecule has 0 unspecified atom stereocenters. The Morgan fingerprint density at radius 2 is 2.06 bits per heavy atom. The van der Waals surface area contributed by atoms with E-state index in [1.165, 1.54) is 11.1 Å². The van der Waals surface area contributed by atoms with Crippen LogP contribution in [0.1, 0.15) is 26.5 Å². The average molecular weight is 434 g/mol. The second-order valence-corrected chi connectivity index (χ2v) is 7.47. The van der Waals surface area contributed by atoms with Crippen LogP contribution in [0.2, 0.25) is 0 Å². The molecule has 2 aliphatic rings. The van der Waals surface area contributed by atoms with Gasteiger partial charge in [0.1, 0.15) is 5.75 Å². The van der Waals surface area contributed by atoms with Crippen LogP contribution in [0.25, 0.3) is 0 Å². The second-order valence-electron chi connectivity index (χ2n) is 7.47. The molecule has 10 heteroatoms. The first-order valence-corrected chi connectivity index (χ1v) is 10.3. The highest BCUT2D eigenvalue weighted by molar-refractivity contribution is 6.10. The van der Waals surface area contributed by atoms with Crippen molar-refractivity contribution in [2.45, 2.75) is 6.54 Å². The van der Waals surface area contributed by atoms with Crippen LogP contribution in [0.5, 0.6) is 5.75 Å². The summed E-state index contributed by atoms with van der Waals surface area (Å²) in [6.07, 6.45) is 4.63. The SMILES string of the molecule is COc1cccc2c1CN(c1ncc(C(=O)Nc3cnccc3N3CCNCC3)o1)C2=O. The summed E-state index contributed by atoms with van der Waals surface area (Å²) in [5, 5.41) is 6.16. The monoisotopic (exact) mass is 434 g/mol. The fourth-order valence-corrected chi connectivity index (χ4v) is 3.99. The lowest BCUT2D eigenvalue weighted by Crippen LogP contribution is -2.43. The number of pyridine rings is 1. The third-order valence-electron chi connectivity index (χ3n) is 5.60. The van der Waals surface area contributed by atoms with Crippen molar-refractivity contribution in [1.29, 1.82) is 0 Å². The lowest BCUT2D eigenvalue weighted by Gasteiger charge is -2.30. The average Bonchev–Trinajstić information content (AvgIpc) is 3.45. The molecular formula is C22H22N6O4. The third-order valence-corrected chi connectivity index (χ3v) is 5.60. The van der Waals surface area contributed by atoms with E-state index in [4.69, 9.17) is 9.15 Å². The number of amides is 2. The number of benzene rings is 1. The number of ether oxygens (including phenoxy) is 1. The van der Waals surface area contributed by atoms with Crippen molar-refractivity contribution in [3.8, 4) is 5.75 Å². The summed E-state index contributed by atoms with van der Waals surface area (Å²) in [6.45, 7) is 3.67. The van der Waals surface area contributed by atoms with Gasteiger partial charge in [0.15, 0.2) is 0 Å². The van der Waals surface area contributed by atoms with Gasteiger partial charge in [0, 0.05) is 43.5 Å². The summed E-state index contributed by atoms with van der Waals surface area (Å²) in [4.78, 5) is 37.5. The summed E-state index contributed by atoms with van der Waals surface area (Å²) in [7, 11) is 1.56. The maximum Gasteiger partial charge on any atom is 0.305 e. The molecule has 3 aromatic rings. The maximum atomic E-state index is 12.9. The number of hydrogen-bond donors (Lipinski definition) is 2. The van der Waals surface area contributed by atoms with Crippen LogP contribution in [-0.2, 0) is 6.54 Å². The Kier molecular flexibility index (Phi) is 5.20. The van der Waals surface area contributed by atoms with E-state index in [1.807, 2.05) is 6.07 Å². The van der Waals surface area contributed by atoms with Crippen molar-refractivity contribution in [2.75, 3.05) is 48.4 Å². The fraction of sp³-hybridized carbons (Fsp3) is 0.273. The smallest absolute Gasteiger partial charge is 0.305 e. The number of carbonyl (C=O) groups is 2. The van der Waals surface area contributed by atoms with Gasteiger partial charge in [-0.05, 0) is 18.2 Å². The lowest BCUT2D eigenvalue weighted by atomic mass is 10.1. The molecular weight excluding hydrogens is 412 g/mol. The molecule has 10 nitrogen and oxygen atoms in total. The number of nitrogens with zero attached hydrogens (tertiary/aromatic N) is 4. The number of hydrogen-bond acceptors (Lipinski definition) is 8. The lowest BCUT2D eigenvalue weighted by molar-refractivity contribution is 0.0974. The van der Waals surface area contributed by atoms with Crippen LogP contribution >= 0.6 is 0 Å². The molecule has 2 N–H and O–H groups in total. The number of carbonyl (C=O) groups excluding carboxylic acids is 2. The van der Waals surface area contributed by atoms with Crippen molar-refractivity contribution in [2.24, 2.45) is 0 Å². The molecule has 0 atom stereocenters. The molecule has 1 fully saturated rings. The maximum absolute atomic E-state index is 12.9. The predicted octanol–water partition coefficient (Wildman–Crippen LogP) is 1.90. The zero-order valence-electron chi connectivity index (χ0n) is 17.5. The number of fused-ring (bicyclic) bond motifs is 1. The van der Waals surface area contributed by atoms with E-state index in [9.17, 15) is 9.59 Å². The first-order chi connectivity index (χ1) is 15.7. The summed E-state index contributed by atoms with van der Waals surface area (Å²) >= 11 is 0. The molecule has 1 aromatic carbocycles. The van der Waals surface area contributed by atoms with Crippen LogP contribution in [0.3, 0.4) is 0 Å². The summed E-state index contributed by atoms with van der Waals surface area (Å²) < 4.78 is 11.0. The molecule has 2 aromatic heterocycles. The van der Waals surface area contributed by atoms with E-state index in [2.05, 4.69) is 25.5 Å². The number of piperazine rings is 1. The number of aromatic nitrogens is 2. The van der Waals surface area contributed by atoms with Crippen LogP contribution in [-0.4, -0.2) is 55.1 Å². The normalized spacial score (nSPS) is 15.6. The Bertz CT molecular complexity index is 1170. The van der Waals surface area contributed by atoms with Crippen LogP contribution in [0.15, 0.2) is 47.3 Å².